The van der Waals surface area contributed by atoms with Gasteiger partial charge in [-0.05, 0) is 37.1 Å². The summed E-state index contributed by atoms with van der Waals surface area (Å²) in [5, 5.41) is 31.1. The standard InChI is InChI=1S/C35H34N6O10/c1-3-48-30-15-26(28(40(44)45)17-32(30)50-22-24-11-7-5-8-12-24)20-36-38-34(42)19-35(43)39-37-21-27-16-31(49-4-2)33(18-29(27)41(46)47)51-23-25-13-9-6-10-14-25/h5-18,20-21H,3-4,19,22-23H2,1-2H3,(H,38,42)(H,39,43)/b36-20-,37-21-. The lowest BCUT2D eigenvalue weighted by atomic mass is 10.1. The third kappa shape index (κ3) is 11.1. The van der Waals surface area contributed by atoms with Crippen LogP contribution in [0.3, 0.4) is 0 Å². The molecule has 4 aromatic rings. The van der Waals surface area contributed by atoms with E-state index in [0.29, 0.717) is 0 Å². The van der Waals surface area contributed by atoms with E-state index in [0.717, 1.165) is 23.6 Å². The number of carbonyl (C=O) groups is 2. The molecule has 0 aliphatic carbocycles. The number of hydrogen-bond donors (Lipinski definition) is 2. The molecule has 2 N–H and O–H groups in total. The molecule has 0 saturated heterocycles. The van der Waals surface area contributed by atoms with Gasteiger partial charge in [-0.15, -0.1) is 0 Å². The zero-order valence-corrected chi connectivity index (χ0v) is 27.6. The van der Waals surface area contributed by atoms with Crippen molar-refractivity contribution in [1.29, 1.82) is 0 Å². The fraction of sp³-hybridized carbons (Fsp3) is 0.200. The van der Waals surface area contributed by atoms with Crippen molar-refractivity contribution in [3.05, 3.63) is 127 Å². The van der Waals surface area contributed by atoms with E-state index in [9.17, 15) is 29.8 Å². The molecule has 16 nitrogen and oxygen atoms in total. The first-order chi connectivity index (χ1) is 24.7. The number of benzene rings is 4. The molecule has 16 heteroatoms. The van der Waals surface area contributed by atoms with E-state index in [1.165, 1.54) is 24.3 Å². The third-order valence-corrected chi connectivity index (χ3v) is 6.76. The lowest BCUT2D eigenvalue weighted by Gasteiger charge is -2.13. The first-order valence-electron chi connectivity index (χ1n) is 15.6. The summed E-state index contributed by atoms with van der Waals surface area (Å²) >= 11 is 0. The zero-order valence-electron chi connectivity index (χ0n) is 27.6. The van der Waals surface area contributed by atoms with Gasteiger partial charge in [0, 0.05) is 0 Å². The van der Waals surface area contributed by atoms with Crippen LogP contribution in [0, 0.1) is 20.2 Å². The van der Waals surface area contributed by atoms with Crippen molar-refractivity contribution in [2.75, 3.05) is 13.2 Å². The number of hydrazone groups is 2. The van der Waals surface area contributed by atoms with Crippen LogP contribution in [0.2, 0.25) is 0 Å². The Labute approximate surface area is 292 Å². The van der Waals surface area contributed by atoms with E-state index < -0.39 is 28.1 Å². The molecule has 0 radical (unpaired) electrons. The number of ether oxygens (including phenoxy) is 4. The van der Waals surface area contributed by atoms with Gasteiger partial charge in [0.05, 0.1) is 58.7 Å². The summed E-state index contributed by atoms with van der Waals surface area (Å²) in [5.74, 6) is -0.966. The fourth-order valence-corrected chi connectivity index (χ4v) is 4.46. The largest absolute Gasteiger partial charge is 0.490 e. The van der Waals surface area contributed by atoms with Gasteiger partial charge in [0.25, 0.3) is 11.4 Å². The molecule has 0 bridgehead atoms. The number of nitro benzene ring substituents is 2. The molecule has 0 aliphatic rings. The molecule has 0 aliphatic heterocycles. The lowest BCUT2D eigenvalue weighted by molar-refractivity contribution is -0.385. The third-order valence-electron chi connectivity index (χ3n) is 6.76. The highest BCUT2D eigenvalue weighted by Crippen LogP contribution is 2.36. The molecule has 0 atom stereocenters. The first-order valence-corrected chi connectivity index (χ1v) is 15.6. The van der Waals surface area contributed by atoms with Gasteiger partial charge in [0.2, 0.25) is 11.8 Å². The highest BCUT2D eigenvalue weighted by Gasteiger charge is 2.21. The number of carbonyl (C=O) groups excluding carboxylic acids is 2. The molecule has 4 aromatic carbocycles. The molecular weight excluding hydrogens is 664 g/mol. The lowest BCUT2D eigenvalue weighted by Crippen LogP contribution is -2.27. The second-order valence-electron chi connectivity index (χ2n) is 10.4. The number of nitrogens with one attached hydrogen (secondary N) is 2. The predicted octanol–water partition coefficient (Wildman–Crippen LogP) is 5.45. The summed E-state index contributed by atoms with van der Waals surface area (Å²) in [6, 6.07) is 23.6. The average molecular weight is 699 g/mol. The Morgan fingerprint density at radius 1 is 0.627 bits per heavy atom. The van der Waals surface area contributed by atoms with Gasteiger partial charge in [-0.2, -0.15) is 10.2 Å². The van der Waals surface area contributed by atoms with Crippen LogP contribution in [0.1, 0.15) is 42.5 Å². The molecule has 0 fully saturated rings. The second-order valence-corrected chi connectivity index (χ2v) is 10.4. The van der Waals surface area contributed by atoms with Crippen LogP contribution in [0.4, 0.5) is 11.4 Å². The van der Waals surface area contributed by atoms with Gasteiger partial charge in [-0.3, -0.25) is 29.8 Å². The number of nitro groups is 2. The van der Waals surface area contributed by atoms with Crippen molar-refractivity contribution in [2.45, 2.75) is 33.5 Å². The quantitative estimate of drug-likeness (QED) is 0.0581. The van der Waals surface area contributed by atoms with Gasteiger partial charge in [-0.25, -0.2) is 10.9 Å². The Morgan fingerprint density at radius 3 is 1.35 bits per heavy atom. The minimum Gasteiger partial charge on any atom is -0.490 e. The molecular formula is C35H34N6O10. The van der Waals surface area contributed by atoms with E-state index in [1.54, 1.807) is 13.8 Å². The first kappa shape index (κ1) is 37.0. The molecule has 0 saturated carbocycles. The Bertz CT molecular complexity index is 1770. The van der Waals surface area contributed by atoms with Crippen molar-refractivity contribution in [3.8, 4) is 23.0 Å². The number of nitrogens with zero attached hydrogens (tertiary/aromatic N) is 4. The summed E-state index contributed by atoms with van der Waals surface area (Å²) in [6.45, 7) is 4.28. The van der Waals surface area contributed by atoms with Crippen LogP contribution in [-0.2, 0) is 22.8 Å². The molecule has 0 spiro atoms. The highest BCUT2D eigenvalue weighted by atomic mass is 16.6. The number of hydrogen-bond acceptors (Lipinski definition) is 12. The molecule has 264 valence electrons. The summed E-state index contributed by atoms with van der Waals surface area (Å²) in [6.07, 6.45) is 1.35. The molecule has 0 heterocycles. The summed E-state index contributed by atoms with van der Waals surface area (Å²) in [7, 11) is 0. The molecule has 51 heavy (non-hydrogen) atoms. The van der Waals surface area contributed by atoms with E-state index in [1.807, 2.05) is 60.7 Å². The van der Waals surface area contributed by atoms with Crippen molar-refractivity contribution < 1.29 is 38.4 Å². The maximum atomic E-state index is 12.4. The minimum atomic E-state index is -0.862. The smallest absolute Gasteiger partial charge is 0.282 e. The Hall–Kier alpha value is -6.84. The normalized spacial score (nSPS) is 10.9. The van der Waals surface area contributed by atoms with Crippen LogP contribution in [0.15, 0.2) is 95.1 Å². The van der Waals surface area contributed by atoms with E-state index in [-0.39, 0.29) is 71.9 Å². The monoisotopic (exact) mass is 698 g/mol. The SMILES string of the molecule is CCOc1cc(/C=N\NC(=O)CC(=O)N/N=C\c2cc(OCC)c(OCc3ccccc3)cc2[N+](=O)[O-])c([N+](=O)[O-])cc1OCc1ccccc1. The van der Waals surface area contributed by atoms with Gasteiger partial charge in [0.1, 0.15) is 19.6 Å². The fourth-order valence-electron chi connectivity index (χ4n) is 4.46. The molecule has 4 rings (SSSR count). The Balaban J connectivity index is 1.38. The average Bonchev–Trinajstić information content (AvgIpc) is 3.11. The minimum absolute atomic E-state index is 0.00867. The number of rotatable bonds is 18. The van der Waals surface area contributed by atoms with E-state index in [2.05, 4.69) is 21.1 Å². The van der Waals surface area contributed by atoms with Crippen LogP contribution >= 0.6 is 0 Å². The van der Waals surface area contributed by atoms with Crippen LogP contribution in [0.5, 0.6) is 23.0 Å². The van der Waals surface area contributed by atoms with Crippen molar-refractivity contribution in [3.63, 3.8) is 0 Å². The molecule has 2 amide bonds. The van der Waals surface area contributed by atoms with Gasteiger partial charge >= 0.3 is 0 Å². The van der Waals surface area contributed by atoms with Crippen molar-refractivity contribution in [1.82, 2.24) is 10.9 Å². The van der Waals surface area contributed by atoms with Crippen LogP contribution in [-0.4, -0.2) is 47.3 Å². The van der Waals surface area contributed by atoms with Crippen molar-refractivity contribution >= 4 is 35.6 Å². The second kappa shape index (κ2) is 18.6. The van der Waals surface area contributed by atoms with Gasteiger partial charge in [-0.1, -0.05) is 60.7 Å². The maximum absolute atomic E-state index is 12.4. The Morgan fingerprint density at radius 2 is 1.00 bits per heavy atom. The zero-order chi connectivity index (χ0) is 36.6. The topological polar surface area (TPSA) is 206 Å². The van der Waals surface area contributed by atoms with Gasteiger partial charge < -0.3 is 18.9 Å². The maximum Gasteiger partial charge on any atom is 0.282 e. The molecule has 0 aromatic heterocycles. The highest BCUT2D eigenvalue weighted by molar-refractivity contribution is 5.98. The van der Waals surface area contributed by atoms with E-state index in [4.69, 9.17) is 18.9 Å². The summed E-state index contributed by atoms with van der Waals surface area (Å²) < 4.78 is 22.8. The van der Waals surface area contributed by atoms with E-state index >= 15 is 0 Å². The summed E-state index contributed by atoms with van der Waals surface area (Å²) in [4.78, 5) is 47.1. The summed E-state index contributed by atoms with van der Waals surface area (Å²) in [5.41, 5.74) is 5.26. The molecule has 0 unspecified atom stereocenters. The van der Waals surface area contributed by atoms with Gasteiger partial charge in [0.15, 0.2) is 23.0 Å². The van der Waals surface area contributed by atoms with Crippen LogP contribution in [0.25, 0.3) is 0 Å². The van der Waals surface area contributed by atoms with Crippen molar-refractivity contribution in [2.24, 2.45) is 10.2 Å². The van der Waals surface area contributed by atoms with Crippen LogP contribution < -0.4 is 29.8 Å². The Kier molecular flexibility index (Phi) is 13.5. The predicted molar refractivity (Wildman–Crippen MR) is 186 cm³/mol. The number of amides is 2.